The maximum Gasteiger partial charge on any atom is 0.233 e. The van der Waals surface area contributed by atoms with Crippen molar-refractivity contribution in [2.45, 2.75) is 33.2 Å². The van der Waals surface area contributed by atoms with E-state index in [0.29, 0.717) is 0 Å². The molecule has 0 saturated heterocycles. The van der Waals surface area contributed by atoms with E-state index in [4.69, 9.17) is 0 Å². The quantitative estimate of drug-likeness (QED) is 0.607. The average molecular weight is 203 g/mol. The van der Waals surface area contributed by atoms with Gasteiger partial charge in [-0.05, 0) is 50.2 Å². The van der Waals surface area contributed by atoms with Crippen molar-refractivity contribution in [1.82, 2.24) is 15.4 Å². The highest BCUT2D eigenvalue weighted by Gasteiger charge is 2.23. The van der Waals surface area contributed by atoms with E-state index in [1.54, 1.807) is 4.80 Å². The fourth-order valence-corrected chi connectivity index (χ4v) is 1.29. The predicted octanol–water partition coefficient (Wildman–Crippen LogP) is 1.38. The molecule has 0 atom stereocenters. The molecular formula is C11H15N4+. The zero-order chi connectivity index (χ0) is 11.1. The first-order valence-corrected chi connectivity index (χ1v) is 5.01. The van der Waals surface area contributed by atoms with Crippen LogP contribution in [0.4, 0.5) is 0 Å². The van der Waals surface area contributed by atoms with Crippen LogP contribution in [0.3, 0.4) is 0 Å². The number of hydrogen-bond donors (Lipinski definition) is 0. The van der Waals surface area contributed by atoms with Crippen molar-refractivity contribution in [3.63, 3.8) is 0 Å². The Bertz CT molecular complexity index is 499. The second kappa shape index (κ2) is 3.22. The monoisotopic (exact) mass is 203 g/mol. The fraction of sp³-hybridized carbons (Fsp3) is 0.455. The Kier molecular flexibility index (Phi) is 2.14. The SMILES string of the molecule is Cc1ccc2n[n+](C(C)(C)C)nnc2c1. The molecule has 15 heavy (non-hydrogen) atoms. The van der Waals surface area contributed by atoms with Gasteiger partial charge in [0, 0.05) is 0 Å². The van der Waals surface area contributed by atoms with E-state index in [1.807, 2.05) is 25.1 Å². The molecule has 0 unspecified atom stereocenters. The number of benzene rings is 1. The predicted molar refractivity (Wildman–Crippen MR) is 57.3 cm³/mol. The Morgan fingerprint density at radius 2 is 1.87 bits per heavy atom. The van der Waals surface area contributed by atoms with Crippen LogP contribution in [0.15, 0.2) is 18.2 Å². The van der Waals surface area contributed by atoms with Crippen molar-refractivity contribution in [3.05, 3.63) is 23.8 Å². The third kappa shape index (κ3) is 1.93. The molecule has 4 nitrogen and oxygen atoms in total. The molecule has 2 rings (SSSR count). The molecule has 0 N–H and O–H groups in total. The van der Waals surface area contributed by atoms with E-state index in [-0.39, 0.29) is 5.54 Å². The summed E-state index contributed by atoms with van der Waals surface area (Å²) in [5.41, 5.74) is 2.76. The zero-order valence-electron chi connectivity index (χ0n) is 9.52. The number of hydrogen-bond acceptors (Lipinski definition) is 3. The summed E-state index contributed by atoms with van der Waals surface area (Å²) in [6, 6.07) is 5.99. The summed E-state index contributed by atoms with van der Waals surface area (Å²) in [7, 11) is 0. The summed E-state index contributed by atoms with van der Waals surface area (Å²) in [5, 5.41) is 12.7. The van der Waals surface area contributed by atoms with Gasteiger partial charge in [-0.25, -0.2) is 0 Å². The molecule has 0 aliphatic carbocycles. The highest BCUT2D eigenvalue weighted by Crippen LogP contribution is 2.09. The van der Waals surface area contributed by atoms with Gasteiger partial charge in [0.15, 0.2) is 10.7 Å². The topological polar surface area (TPSA) is 42.5 Å². The van der Waals surface area contributed by atoms with Crippen molar-refractivity contribution in [2.75, 3.05) is 0 Å². The lowest BCUT2D eigenvalue weighted by atomic mass is 10.1. The van der Waals surface area contributed by atoms with Gasteiger partial charge in [-0.1, -0.05) is 11.2 Å². The van der Waals surface area contributed by atoms with E-state index >= 15 is 0 Å². The van der Waals surface area contributed by atoms with Gasteiger partial charge in [-0.15, -0.1) is 0 Å². The van der Waals surface area contributed by atoms with Crippen LogP contribution in [0, 0.1) is 6.92 Å². The van der Waals surface area contributed by atoms with Gasteiger partial charge in [0.25, 0.3) is 0 Å². The summed E-state index contributed by atoms with van der Waals surface area (Å²) in [5.74, 6) is 0. The van der Waals surface area contributed by atoms with Crippen LogP contribution in [0.2, 0.25) is 0 Å². The summed E-state index contributed by atoms with van der Waals surface area (Å²) >= 11 is 0. The third-order valence-corrected chi connectivity index (χ3v) is 2.17. The van der Waals surface area contributed by atoms with Gasteiger partial charge < -0.3 is 0 Å². The van der Waals surface area contributed by atoms with Gasteiger partial charge in [-0.2, -0.15) is 0 Å². The largest absolute Gasteiger partial charge is 0.233 e. The Balaban J connectivity index is 2.62. The maximum atomic E-state index is 4.43. The van der Waals surface area contributed by atoms with Crippen molar-refractivity contribution in [2.24, 2.45) is 0 Å². The van der Waals surface area contributed by atoms with Crippen molar-refractivity contribution in [3.8, 4) is 0 Å². The molecule has 0 radical (unpaired) electrons. The van der Waals surface area contributed by atoms with Gasteiger partial charge in [0.05, 0.1) is 5.10 Å². The summed E-state index contributed by atoms with van der Waals surface area (Å²) in [6.45, 7) is 8.18. The third-order valence-electron chi connectivity index (χ3n) is 2.17. The first kappa shape index (κ1) is 9.96. The van der Waals surface area contributed by atoms with E-state index in [9.17, 15) is 0 Å². The summed E-state index contributed by atoms with van der Waals surface area (Å²) in [4.78, 5) is 1.64. The lowest BCUT2D eigenvalue weighted by Crippen LogP contribution is -2.56. The summed E-state index contributed by atoms with van der Waals surface area (Å²) < 4.78 is 0. The number of aromatic nitrogens is 4. The second-order valence-electron chi connectivity index (χ2n) is 4.74. The molecular weight excluding hydrogens is 188 g/mol. The molecule has 4 heteroatoms. The minimum absolute atomic E-state index is 0.133. The molecule has 0 fully saturated rings. The van der Waals surface area contributed by atoms with Crippen molar-refractivity contribution >= 4 is 11.0 Å². The van der Waals surface area contributed by atoms with E-state index in [2.05, 4.69) is 36.2 Å². The Morgan fingerprint density at radius 1 is 1.13 bits per heavy atom. The van der Waals surface area contributed by atoms with Crippen LogP contribution < -0.4 is 4.80 Å². The molecule has 78 valence electrons. The number of rotatable bonds is 0. The lowest BCUT2D eigenvalue weighted by molar-refractivity contribution is -0.857. The zero-order valence-corrected chi connectivity index (χ0v) is 9.52. The van der Waals surface area contributed by atoms with Gasteiger partial charge >= 0.3 is 0 Å². The highest BCUT2D eigenvalue weighted by atomic mass is 15.6. The Labute approximate surface area is 88.9 Å². The van der Waals surface area contributed by atoms with Gasteiger partial charge in [-0.3, -0.25) is 0 Å². The minimum atomic E-state index is -0.133. The fourth-order valence-electron chi connectivity index (χ4n) is 1.29. The molecule has 0 amide bonds. The average Bonchev–Trinajstić information content (AvgIpc) is 2.15. The maximum absolute atomic E-state index is 4.43. The normalized spacial score (nSPS) is 12.0. The molecule has 0 aliphatic rings. The van der Waals surface area contributed by atoms with E-state index in [0.717, 1.165) is 11.0 Å². The minimum Gasteiger partial charge on any atom is -0.0567 e. The van der Waals surface area contributed by atoms with Gasteiger partial charge in [0.1, 0.15) is 5.54 Å². The van der Waals surface area contributed by atoms with Crippen LogP contribution in [0.25, 0.3) is 11.0 Å². The molecule has 0 bridgehead atoms. The second-order valence-corrected chi connectivity index (χ2v) is 4.74. The Morgan fingerprint density at radius 3 is 2.53 bits per heavy atom. The van der Waals surface area contributed by atoms with Crippen molar-refractivity contribution in [1.29, 1.82) is 0 Å². The first-order valence-electron chi connectivity index (χ1n) is 5.01. The smallest absolute Gasteiger partial charge is 0.0567 e. The van der Waals surface area contributed by atoms with Crippen molar-refractivity contribution < 1.29 is 4.80 Å². The molecule has 0 saturated carbocycles. The number of nitrogens with zero attached hydrogens (tertiary/aromatic N) is 4. The Hall–Kier alpha value is -1.58. The van der Waals surface area contributed by atoms with Crippen LogP contribution in [0.5, 0.6) is 0 Å². The first-order chi connectivity index (χ1) is 6.97. The lowest BCUT2D eigenvalue weighted by Gasteiger charge is -2.10. The molecule has 1 aromatic carbocycles. The van der Waals surface area contributed by atoms with Crippen LogP contribution in [-0.4, -0.2) is 15.4 Å². The standard InChI is InChI=1S/C11H15N4/c1-8-5-6-9-10(7-8)12-14-15(13-9)11(2,3)4/h5-7H,1-4H3/q+1. The summed E-state index contributed by atoms with van der Waals surface area (Å²) in [6.07, 6.45) is 0. The highest BCUT2D eigenvalue weighted by molar-refractivity contribution is 5.73. The molecule has 1 heterocycles. The number of fused-ring (bicyclic) bond motifs is 1. The molecule has 2 aromatic rings. The molecule has 0 spiro atoms. The van der Waals surface area contributed by atoms with E-state index in [1.165, 1.54) is 5.56 Å². The molecule has 1 aromatic heterocycles. The van der Waals surface area contributed by atoms with Crippen LogP contribution in [0.1, 0.15) is 26.3 Å². The van der Waals surface area contributed by atoms with Crippen LogP contribution >= 0.6 is 0 Å². The van der Waals surface area contributed by atoms with E-state index < -0.39 is 0 Å². The van der Waals surface area contributed by atoms with Gasteiger partial charge in [0.2, 0.25) is 5.52 Å². The molecule has 0 aliphatic heterocycles. The van der Waals surface area contributed by atoms with Crippen LogP contribution in [-0.2, 0) is 5.54 Å². The number of aryl methyl sites for hydroxylation is 1.